The molecule has 0 aromatic carbocycles. The monoisotopic (exact) mass is 1150 g/mol. The van der Waals surface area contributed by atoms with Crippen molar-refractivity contribution >= 4 is 13.7 Å². The lowest BCUT2D eigenvalue weighted by Gasteiger charge is -2.26. The maximum Gasteiger partial charge on any atom is 0.472 e. The normalized spacial score (nSPS) is 13.5. The summed E-state index contributed by atoms with van der Waals surface area (Å²) in [5.41, 5.74) is 0. The van der Waals surface area contributed by atoms with Gasteiger partial charge in [0.1, 0.15) is 13.2 Å². The van der Waals surface area contributed by atoms with Crippen LogP contribution in [-0.4, -0.2) is 73.4 Å². The number of amides is 1. The Bertz CT molecular complexity index is 1260. The highest BCUT2D eigenvalue weighted by Gasteiger charge is 2.28. The molecule has 3 atom stereocenters. The van der Waals surface area contributed by atoms with Gasteiger partial charge >= 0.3 is 7.82 Å². The Labute approximate surface area is 501 Å². The third-order valence-corrected chi connectivity index (χ3v) is 18.3. The number of phosphoric acid groups is 1. The number of carbonyl (C=O) groups is 1. The Kier molecular flexibility index (Phi) is 62.6. The van der Waals surface area contributed by atoms with E-state index in [0.717, 1.165) is 38.5 Å². The van der Waals surface area contributed by atoms with Gasteiger partial charge in [0.2, 0.25) is 5.91 Å². The van der Waals surface area contributed by atoms with Crippen molar-refractivity contribution in [2.45, 2.75) is 411 Å². The zero-order chi connectivity index (χ0) is 58.4. The van der Waals surface area contributed by atoms with Gasteiger partial charge in [-0.3, -0.25) is 13.8 Å². The van der Waals surface area contributed by atoms with Gasteiger partial charge in [-0.1, -0.05) is 380 Å². The molecule has 3 N–H and O–H groups in total. The fourth-order valence-electron chi connectivity index (χ4n) is 11.7. The molecule has 0 aromatic rings. The van der Waals surface area contributed by atoms with Gasteiger partial charge in [-0.2, -0.15) is 0 Å². The number of carbonyl (C=O) groups excluding carboxylic acids is 1. The molecule has 3 unspecified atom stereocenters. The summed E-state index contributed by atoms with van der Waals surface area (Å²) >= 11 is 0. The summed E-state index contributed by atoms with van der Waals surface area (Å²) < 4.78 is 23.9. The minimum absolute atomic E-state index is 0.0795. The highest BCUT2D eigenvalue weighted by Crippen LogP contribution is 2.43. The molecule has 0 heterocycles. The lowest BCUT2D eigenvalue weighted by Crippen LogP contribution is -2.46. The molecule has 80 heavy (non-hydrogen) atoms. The minimum atomic E-state index is -4.33. The van der Waals surface area contributed by atoms with Gasteiger partial charge in [-0.05, 0) is 12.8 Å². The maximum atomic E-state index is 13.1. The Morgan fingerprint density at radius 3 is 0.838 bits per heavy atom. The zero-order valence-corrected chi connectivity index (χ0v) is 56.0. The first kappa shape index (κ1) is 79.5. The molecule has 0 radical (unpaired) electrons. The van der Waals surface area contributed by atoms with E-state index in [0.29, 0.717) is 23.9 Å². The fourth-order valence-corrected chi connectivity index (χ4v) is 12.4. The number of aliphatic hydroxyl groups is 1. The van der Waals surface area contributed by atoms with Crippen LogP contribution >= 0.6 is 7.82 Å². The summed E-state index contributed by atoms with van der Waals surface area (Å²) in [6, 6.07) is -0.757. The molecule has 0 fully saturated rings. The Hall–Kier alpha value is -0.500. The quantitative estimate of drug-likeness (QED) is 0.0318. The highest BCUT2D eigenvalue weighted by atomic mass is 31.2. The smallest absolute Gasteiger partial charge is 0.391 e. The van der Waals surface area contributed by atoms with Crippen LogP contribution in [0.3, 0.4) is 0 Å². The largest absolute Gasteiger partial charge is 0.472 e. The topological polar surface area (TPSA) is 105 Å². The van der Waals surface area contributed by atoms with E-state index in [1.165, 1.54) is 334 Å². The predicted molar refractivity (Wildman–Crippen MR) is 351 cm³/mol. The molecule has 480 valence electrons. The molecule has 0 saturated carbocycles. The van der Waals surface area contributed by atoms with Crippen molar-refractivity contribution in [1.29, 1.82) is 0 Å². The number of nitrogens with one attached hydrogen (secondary N) is 1. The van der Waals surface area contributed by atoms with Gasteiger partial charge in [0.15, 0.2) is 0 Å². The third-order valence-electron chi connectivity index (χ3n) is 17.4. The number of hydrogen-bond donors (Lipinski definition) is 3. The van der Waals surface area contributed by atoms with Crippen molar-refractivity contribution in [2.24, 2.45) is 0 Å². The van der Waals surface area contributed by atoms with Crippen molar-refractivity contribution in [3.63, 3.8) is 0 Å². The molecule has 9 heteroatoms. The van der Waals surface area contributed by atoms with Crippen LogP contribution in [0.4, 0.5) is 0 Å². The number of hydrogen-bond acceptors (Lipinski definition) is 5. The molecule has 0 aliphatic heterocycles. The van der Waals surface area contributed by atoms with Gasteiger partial charge in [-0.25, -0.2) is 4.57 Å². The van der Waals surface area contributed by atoms with Crippen molar-refractivity contribution in [3.8, 4) is 0 Å². The third kappa shape index (κ3) is 65.1. The second kappa shape index (κ2) is 63.0. The van der Waals surface area contributed by atoms with E-state index < -0.39 is 20.0 Å². The maximum absolute atomic E-state index is 13.1. The van der Waals surface area contributed by atoms with Crippen LogP contribution in [0.5, 0.6) is 0 Å². The molecule has 8 nitrogen and oxygen atoms in total. The molecule has 0 aliphatic carbocycles. The van der Waals surface area contributed by atoms with Crippen LogP contribution in [-0.2, 0) is 18.4 Å². The molecular formula is C71H146N2O6P+. The number of likely N-dealkylation sites (N-methyl/N-ethyl adjacent to an activating group) is 1. The average molecular weight is 1150 g/mol. The number of rotatable bonds is 69. The van der Waals surface area contributed by atoms with Crippen molar-refractivity contribution in [2.75, 3.05) is 40.9 Å². The van der Waals surface area contributed by atoms with Crippen LogP contribution in [0.1, 0.15) is 399 Å². The lowest BCUT2D eigenvalue weighted by molar-refractivity contribution is -0.870. The standard InChI is InChI=1S/C71H145N2O6P/c1-6-8-10-12-14-16-18-20-22-24-26-28-30-32-33-34-35-36-37-38-39-40-41-43-45-47-49-51-53-55-57-59-61-63-65-71(75)72-69(68-79-80(76,77)78-67-66-73(3,4)5)70(74)64-62-60-58-56-54-52-50-48-46-44-42-31-29-27-25-23-21-19-17-15-13-11-9-7-2/h69-70,74H,6-68H2,1-5H3,(H-,72,75,76,77)/p+1. The summed E-state index contributed by atoms with van der Waals surface area (Å²) in [4.78, 5) is 23.5. The highest BCUT2D eigenvalue weighted by molar-refractivity contribution is 7.47. The van der Waals surface area contributed by atoms with Gasteiger partial charge in [0, 0.05) is 6.42 Å². The minimum Gasteiger partial charge on any atom is -0.391 e. The van der Waals surface area contributed by atoms with Crippen molar-refractivity contribution < 1.29 is 32.9 Å². The summed E-state index contributed by atoms with van der Waals surface area (Å²) in [6.07, 6.45) is 79.4. The molecule has 0 saturated heterocycles. The molecule has 1 amide bonds. The van der Waals surface area contributed by atoms with Gasteiger partial charge in [0.25, 0.3) is 0 Å². The van der Waals surface area contributed by atoms with Crippen molar-refractivity contribution in [1.82, 2.24) is 5.32 Å². The van der Waals surface area contributed by atoms with E-state index in [1.54, 1.807) is 0 Å². The molecule has 0 aromatic heterocycles. The number of nitrogens with zero attached hydrogens (tertiary/aromatic N) is 1. The Morgan fingerprint density at radius 1 is 0.375 bits per heavy atom. The second-order valence-electron chi connectivity index (χ2n) is 26.7. The summed E-state index contributed by atoms with van der Waals surface area (Å²) in [6.45, 7) is 4.97. The molecule has 0 bridgehead atoms. The van der Waals surface area contributed by atoms with E-state index >= 15 is 0 Å². The zero-order valence-electron chi connectivity index (χ0n) is 55.1. The van der Waals surface area contributed by atoms with E-state index in [2.05, 4.69) is 19.2 Å². The molecule has 0 spiro atoms. The lowest BCUT2D eigenvalue weighted by atomic mass is 10.0. The molecule has 0 aliphatic rings. The fraction of sp³-hybridized carbons (Fsp3) is 0.986. The first-order valence-corrected chi connectivity index (χ1v) is 37.9. The summed E-state index contributed by atoms with van der Waals surface area (Å²) in [5, 5.41) is 14.2. The van der Waals surface area contributed by atoms with E-state index in [9.17, 15) is 19.4 Å². The van der Waals surface area contributed by atoms with E-state index in [1.807, 2.05) is 21.1 Å². The number of phosphoric ester groups is 1. The Balaban J connectivity index is 3.93. The van der Waals surface area contributed by atoms with Gasteiger partial charge in [-0.15, -0.1) is 0 Å². The van der Waals surface area contributed by atoms with Gasteiger partial charge in [0.05, 0.1) is 39.9 Å². The summed E-state index contributed by atoms with van der Waals surface area (Å²) in [5.74, 6) is -0.133. The Morgan fingerprint density at radius 2 is 0.600 bits per heavy atom. The predicted octanol–water partition coefficient (Wildman–Crippen LogP) is 23.1. The average Bonchev–Trinajstić information content (AvgIpc) is 3.42. The first-order chi connectivity index (χ1) is 39.0. The first-order valence-electron chi connectivity index (χ1n) is 36.4. The summed E-state index contributed by atoms with van der Waals surface area (Å²) in [7, 11) is 1.64. The number of unbranched alkanes of at least 4 members (excludes halogenated alkanes) is 56. The van der Waals surface area contributed by atoms with E-state index in [-0.39, 0.29) is 19.1 Å². The van der Waals surface area contributed by atoms with E-state index in [4.69, 9.17) is 9.05 Å². The number of aliphatic hydroxyl groups excluding tert-OH is 1. The van der Waals surface area contributed by atoms with Crippen LogP contribution in [0, 0.1) is 0 Å². The number of quaternary nitrogens is 1. The van der Waals surface area contributed by atoms with Crippen molar-refractivity contribution in [3.05, 3.63) is 0 Å². The molecular weight excluding hydrogens is 1010 g/mol. The van der Waals surface area contributed by atoms with Crippen LogP contribution in [0.15, 0.2) is 0 Å². The second-order valence-corrected chi connectivity index (χ2v) is 28.1. The van der Waals surface area contributed by atoms with Gasteiger partial charge < -0.3 is 19.8 Å². The van der Waals surface area contributed by atoms with Crippen LogP contribution in [0.2, 0.25) is 0 Å². The molecule has 0 rings (SSSR count). The van der Waals surface area contributed by atoms with Crippen LogP contribution < -0.4 is 5.32 Å². The SMILES string of the molecule is CCCCCCCCCCCCCCCCCCCCCCCCCCCCCCCCCCCCC(=O)NC(COP(=O)(O)OCC[N+](C)(C)C)C(O)CCCCCCCCCCCCCCCCCCCCCCCCCC. The van der Waals surface area contributed by atoms with Crippen LogP contribution in [0.25, 0.3) is 0 Å².